The minimum absolute atomic E-state index is 0.0433. The first kappa shape index (κ1) is 13.5. The second kappa shape index (κ2) is 4.96. The number of hydrogen-bond acceptors (Lipinski definition) is 3. The Bertz CT molecular complexity index is 654. The Kier molecular flexibility index (Phi) is 3.52. The molecule has 2 aromatic rings. The molecule has 8 heteroatoms. The maximum absolute atomic E-state index is 13.6. The van der Waals surface area contributed by atoms with E-state index >= 15 is 0 Å². The second-order valence-corrected chi connectivity index (χ2v) is 3.84. The van der Waals surface area contributed by atoms with E-state index in [0.29, 0.717) is 0 Å². The van der Waals surface area contributed by atoms with Gasteiger partial charge in [-0.15, -0.1) is 13.2 Å². The van der Waals surface area contributed by atoms with Crippen molar-refractivity contribution in [3.8, 4) is 17.0 Å². The number of halogens is 4. The van der Waals surface area contributed by atoms with Gasteiger partial charge in [0.25, 0.3) is 0 Å². The first-order chi connectivity index (χ1) is 8.87. The number of benzene rings is 1. The Hall–Kier alpha value is -1.96. The van der Waals surface area contributed by atoms with E-state index in [-0.39, 0.29) is 16.0 Å². The maximum atomic E-state index is 13.6. The van der Waals surface area contributed by atoms with Crippen molar-refractivity contribution in [2.24, 2.45) is 0 Å². The van der Waals surface area contributed by atoms with Gasteiger partial charge in [0.1, 0.15) is 5.75 Å². The first-order valence-electron chi connectivity index (χ1n) is 4.97. The van der Waals surface area contributed by atoms with Gasteiger partial charge in [-0.2, -0.15) is 0 Å². The molecule has 0 bridgehead atoms. The minimum atomic E-state index is -4.86. The fraction of sp³-hybridized carbons (Fsp3) is 0.0909. The van der Waals surface area contributed by atoms with E-state index in [2.05, 4.69) is 14.7 Å². The van der Waals surface area contributed by atoms with Crippen LogP contribution in [0.25, 0.3) is 11.3 Å². The van der Waals surface area contributed by atoms with Gasteiger partial charge < -0.3 is 9.72 Å². The van der Waals surface area contributed by atoms with E-state index in [1.54, 1.807) is 0 Å². The molecule has 0 spiro atoms. The lowest BCUT2D eigenvalue weighted by molar-refractivity contribution is -0.274. The van der Waals surface area contributed by atoms with Gasteiger partial charge in [-0.05, 0) is 24.4 Å². The smallest absolute Gasteiger partial charge is 0.405 e. The molecular formula is C11H6F4N2OS. The van der Waals surface area contributed by atoms with Crippen LogP contribution in [-0.4, -0.2) is 16.3 Å². The minimum Gasteiger partial charge on any atom is -0.405 e. The number of aromatic amines is 1. The number of alkyl halides is 3. The number of hydrogen-bond donors (Lipinski definition) is 1. The van der Waals surface area contributed by atoms with Crippen molar-refractivity contribution in [3.63, 3.8) is 0 Å². The van der Waals surface area contributed by atoms with Crippen molar-refractivity contribution in [3.05, 3.63) is 41.1 Å². The summed E-state index contributed by atoms with van der Waals surface area (Å²) in [7, 11) is 0. The topological polar surface area (TPSA) is 37.9 Å². The first-order valence-corrected chi connectivity index (χ1v) is 5.37. The van der Waals surface area contributed by atoms with Crippen LogP contribution < -0.4 is 4.74 Å². The molecular weight excluding hydrogens is 284 g/mol. The Morgan fingerprint density at radius 3 is 2.58 bits per heavy atom. The van der Waals surface area contributed by atoms with Gasteiger partial charge in [0, 0.05) is 5.56 Å². The van der Waals surface area contributed by atoms with E-state index in [9.17, 15) is 17.6 Å². The number of para-hydroxylation sites is 1. The van der Waals surface area contributed by atoms with Crippen molar-refractivity contribution < 1.29 is 22.3 Å². The lowest BCUT2D eigenvalue weighted by atomic mass is 10.1. The molecule has 0 aliphatic heterocycles. The van der Waals surface area contributed by atoms with Gasteiger partial charge in [0.2, 0.25) is 0 Å². The van der Waals surface area contributed by atoms with E-state index in [0.717, 1.165) is 12.3 Å². The molecule has 3 nitrogen and oxygen atoms in total. The van der Waals surface area contributed by atoms with E-state index in [1.807, 2.05) is 0 Å². The lowest BCUT2D eigenvalue weighted by Gasteiger charge is -2.13. The molecule has 0 aliphatic rings. The predicted octanol–water partition coefficient (Wildman–Crippen LogP) is 3.84. The highest BCUT2D eigenvalue weighted by Crippen LogP contribution is 2.33. The predicted molar refractivity (Wildman–Crippen MR) is 61.5 cm³/mol. The van der Waals surface area contributed by atoms with Crippen LogP contribution in [0, 0.1) is 10.6 Å². The second-order valence-electron chi connectivity index (χ2n) is 3.46. The molecule has 100 valence electrons. The summed E-state index contributed by atoms with van der Waals surface area (Å²) >= 11 is 4.72. The molecule has 0 amide bonds. The normalized spacial score (nSPS) is 11.4. The molecule has 19 heavy (non-hydrogen) atoms. The van der Waals surface area contributed by atoms with Crippen molar-refractivity contribution in [2.45, 2.75) is 6.36 Å². The van der Waals surface area contributed by atoms with Crippen molar-refractivity contribution >= 4 is 12.2 Å². The average molecular weight is 290 g/mol. The highest BCUT2D eigenvalue weighted by Gasteiger charge is 2.32. The highest BCUT2D eigenvalue weighted by atomic mass is 32.1. The summed E-state index contributed by atoms with van der Waals surface area (Å²) in [5.41, 5.74) is -0.300. The summed E-state index contributed by atoms with van der Waals surface area (Å²) in [6.07, 6.45) is -4.03. The summed E-state index contributed by atoms with van der Waals surface area (Å²) in [4.78, 5) is 5.89. The van der Waals surface area contributed by atoms with Gasteiger partial charge in [-0.1, -0.05) is 12.1 Å². The summed E-state index contributed by atoms with van der Waals surface area (Å²) in [6, 6.07) is 5.16. The van der Waals surface area contributed by atoms with Crippen LogP contribution in [0.3, 0.4) is 0 Å². The molecule has 1 aromatic heterocycles. The zero-order valence-electron chi connectivity index (χ0n) is 9.16. The molecule has 1 N–H and O–H groups in total. The molecule has 1 heterocycles. The van der Waals surface area contributed by atoms with E-state index in [4.69, 9.17) is 12.2 Å². The molecule has 2 rings (SSSR count). The van der Waals surface area contributed by atoms with Crippen LogP contribution in [0.4, 0.5) is 17.6 Å². The van der Waals surface area contributed by atoms with Crippen LogP contribution in [0.5, 0.6) is 5.75 Å². The quantitative estimate of drug-likeness (QED) is 0.674. The standard InChI is InChI=1S/C11H6F4N2OS/c12-7-5-16-10(19)17-9(7)6-3-1-2-4-8(6)18-11(13,14)15/h1-5H,(H,16,17,19). The molecule has 0 saturated carbocycles. The van der Waals surface area contributed by atoms with Crippen LogP contribution >= 0.6 is 12.2 Å². The molecule has 0 saturated heterocycles. The molecule has 0 aliphatic carbocycles. The van der Waals surface area contributed by atoms with Gasteiger partial charge in [-0.3, -0.25) is 0 Å². The Labute approximate surface area is 109 Å². The van der Waals surface area contributed by atoms with Gasteiger partial charge in [-0.25, -0.2) is 9.37 Å². The third kappa shape index (κ3) is 3.28. The van der Waals surface area contributed by atoms with Crippen LogP contribution in [0.15, 0.2) is 30.5 Å². The van der Waals surface area contributed by atoms with Crippen LogP contribution in [-0.2, 0) is 0 Å². The van der Waals surface area contributed by atoms with Gasteiger partial charge in [0.05, 0.1) is 11.9 Å². The largest absolute Gasteiger partial charge is 0.573 e. The zero-order valence-corrected chi connectivity index (χ0v) is 9.98. The third-order valence-electron chi connectivity index (χ3n) is 2.15. The summed E-state index contributed by atoms with van der Waals surface area (Å²) in [5.74, 6) is -1.35. The molecule has 0 unspecified atom stereocenters. The number of ether oxygens (including phenoxy) is 1. The van der Waals surface area contributed by atoms with Gasteiger partial charge >= 0.3 is 6.36 Å². The fourth-order valence-corrected chi connectivity index (χ4v) is 1.62. The van der Waals surface area contributed by atoms with Crippen molar-refractivity contribution in [1.82, 2.24) is 9.97 Å². The van der Waals surface area contributed by atoms with Gasteiger partial charge in [0.15, 0.2) is 10.6 Å². The SMILES string of the molecule is Fc1cnc(=S)[nH]c1-c1ccccc1OC(F)(F)F. The summed E-state index contributed by atoms with van der Waals surface area (Å²) < 4.78 is 54.2. The van der Waals surface area contributed by atoms with E-state index < -0.39 is 17.9 Å². The average Bonchev–Trinajstić information content (AvgIpc) is 2.31. The number of nitrogens with one attached hydrogen (secondary N) is 1. The molecule has 0 fully saturated rings. The Balaban J connectivity index is 2.56. The summed E-state index contributed by atoms with van der Waals surface area (Å²) in [6.45, 7) is 0. The monoisotopic (exact) mass is 290 g/mol. The fourth-order valence-electron chi connectivity index (χ4n) is 1.46. The lowest BCUT2D eigenvalue weighted by Crippen LogP contribution is -2.17. The Morgan fingerprint density at radius 2 is 1.89 bits per heavy atom. The van der Waals surface area contributed by atoms with Crippen LogP contribution in [0.2, 0.25) is 0 Å². The summed E-state index contributed by atoms with van der Waals surface area (Å²) in [5, 5.41) is 0. The number of nitrogens with zero attached hydrogens (tertiary/aromatic N) is 1. The molecule has 1 aromatic carbocycles. The number of rotatable bonds is 2. The molecule has 0 radical (unpaired) electrons. The van der Waals surface area contributed by atoms with E-state index in [1.165, 1.54) is 18.2 Å². The highest BCUT2D eigenvalue weighted by molar-refractivity contribution is 7.71. The van der Waals surface area contributed by atoms with Crippen molar-refractivity contribution in [1.29, 1.82) is 0 Å². The van der Waals surface area contributed by atoms with Crippen molar-refractivity contribution in [2.75, 3.05) is 0 Å². The zero-order chi connectivity index (χ0) is 14.0. The molecule has 0 atom stereocenters. The maximum Gasteiger partial charge on any atom is 0.573 e. The number of H-pyrrole nitrogens is 1. The number of aromatic nitrogens is 2. The third-order valence-corrected chi connectivity index (χ3v) is 2.36. The van der Waals surface area contributed by atoms with Crippen LogP contribution in [0.1, 0.15) is 0 Å². The Morgan fingerprint density at radius 1 is 1.21 bits per heavy atom.